The highest BCUT2D eigenvalue weighted by atomic mass is 35.5. The van der Waals surface area contributed by atoms with Crippen molar-refractivity contribution in [2.24, 2.45) is 0 Å². The van der Waals surface area contributed by atoms with E-state index in [0.29, 0.717) is 0 Å². The molecule has 5 nitrogen and oxygen atoms in total. The van der Waals surface area contributed by atoms with Crippen LogP contribution in [-0.2, 0) is 10.9 Å². The zero-order chi connectivity index (χ0) is 14.6. The fourth-order valence-corrected chi connectivity index (χ4v) is 1.58. The maximum Gasteiger partial charge on any atom is 0.433 e. The third-order valence-electron chi connectivity index (χ3n) is 2.21. The Kier molecular flexibility index (Phi) is 5.33. The number of halogens is 4. The molecule has 0 amide bonds. The molecule has 0 aliphatic carbocycles. The van der Waals surface area contributed by atoms with Crippen LogP contribution < -0.4 is 4.90 Å². The Morgan fingerprint density at radius 1 is 1.47 bits per heavy atom. The van der Waals surface area contributed by atoms with E-state index in [1.807, 2.05) is 0 Å². The number of aliphatic hydroxyl groups excluding tert-OH is 1. The lowest BCUT2D eigenvalue weighted by Gasteiger charge is -2.22. The average Bonchev–Trinajstić information content (AvgIpc) is 2.27. The first-order valence-electron chi connectivity index (χ1n) is 5.24. The Morgan fingerprint density at radius 3 is 2.63 bits per heavy atom. The largest absolute Gasteiger partial charge is 0.433 e. The maximum absolute atomic E-state index is 12.6. The van der Waals surface area contributed by atoms with Gasteiger partial charge in [-0.25, -0.2) is 9.97 Å². The van der Waals surface area contributed by atoms with Crippen LogP contribution in [0.1, 0.15) is 5.69 Å². The molecule has 9 heteroatoms. The summed E-state index contributed by atoms with van der Waals surface area (Å²) in [5.74, 6) is -0.0255. The van der Waals surface area contributed by atoms with Crippen molar-refractivity contribution in [1.82, 2.24) is 9.97 Å². The lowest BCUT2D eigenvalue weighted by atomic mass is 10.3. The number of aromatic nitrogens is 2. The van der Waals surface area contributed by atoms with Crippen molar-refractivity contribution >= 4 is 17.4 Å². The minimum Gasteiger partial charge on any atom is -0.389 e. The fraction of sp³-hybridized carbons (Fsp3) is 0.600. The first-order chi connectivity index (χ1) is 8.74. The van der Waals surface area contributed by atoms with E-state index >= 15 is 0 Å². The molecule has 0 fully saturated rings. The van der Waals surface area contributed by atoms with Crippen molar-refractivity contribution in [2.75, 3.05) is 32.2 Å². The van der Waals surface area contributed by atoms with Crippen LogP contribution >= 0.6 is 11.6 Å². The molecule has 0 spiro atoms. The number of nitrogens with zero attached hydrogens (tertiary/aromatic N) is 3. The average molecular weight is 300 g/mol. The molecule has 19 heavy (non-hydrogen) atoms. The second-order valence-corrected chi connectivity index (χ2v) is 4.21. The number of ether oxygens (including phenoxy) is 1. The molecule has 108 valence electrons. The molecular formula is C10H13ClF3N3O2. The molecule has 1 rings (SSSR count). The summed E-state index contributed by atoms with van der Waals surface area (Å²) in [5, 5.41) is 9.01. The highest BCUT2D eigenvalue weighted by Gasteiger charge is 2.34. The van der Waals surface area contributed by atoms with Gasteiger partial charge in [-0.15, -0.1) is 0 Å². The molecule has 0 aliphatic rings. The van der Waals surface area contributed by atoms with Gasteiger partial charge >= 0.3 is 6.18 Å². The molecule has 1 heterocycles. The molecule has 1 aromatic rings. The van der Waals surface area contributed by atoms with Crippen molar-refractivity contribution in [3.63, 3.8) is 0 Å². The Bertz CT molecular complexity index is 431. The number of hydrogen-bond donors (Lipinski definition) is 1. The minimum absolute atomic E-state index is 0.0255. The molecule has 1 aromatic heterocycles. The zero-order valence-electron chi connectivity index (χ0n) is 10.3. The Morgan fingerprint density at radius 2 is 2.11 bits per heavy atom. The second kappa shape index (κ2) is 6.36. The summed E-state index contributed by atoms with van der Waals surface area (Å²) < 4.78 is 42.4. The Balaban J connectivity index is 2.91. The van der Waals surface area contributed by atoms with Crippen LogP contribution in [-0.4, -0.2) is 48.5 Å². The topological polar surface area (TPSA) is 58.5 Å². The molecule has 1 atom stereocenters. The number of anilines is 1. The van der Waals surface area contributed by atoms with Crippen LogP contribution in [0.3, 0.4) is 0 Å². The van der Waals surface area contributed by atoms with Gasteiger partial charge < -0.3 is 14.7 Å². The van der Waals surface area contributed by atoms with Gasteiger partial charge in [-0.05, 0) is 11.6 Å². The van der Waals surface area contributed by atoms with Crippen LogP contribution in [0, 0.1) is 0 Å². The quantitative estimate of drug-likeness (QED) is 0.837. The van der Waals surface area contributed by atoms with Gasteiger partial charge in [0.15, 0.2) is 5.69 Å². The number of methoxy groups -OCH3 is 1. The normalized spacial score (nSPS) is 13.4. The van der Waals surface area contributed by atoms with Gasteiger partial charge in [0, 0.05) is 26.8 Å². The first kappa shape index (κ1) is 15.9. The first-order valence-corrected chi connectivity index (χ1v) is 5.61. The van der Waals surface area contributed by atoms with Crippen LogP contribution in [0.25, 0.3) is 0 Å². The van der Waals surface area contributed by atoms with Crippen molar-refractivity contribution < 1.29 is 23.0 Å². The second-order valence-electron chi connectivity index (χ2n) is 3.87. The van der Waals surface area contributed by atoms with Gasteiger partial charge in [0.1, 0.15) is 5.82 Å². The standard InChI is InChI=1S/C10H13ClF3N3O2/c1-17(4-6(18)5-19-2)8-3-7(10(12,13)14)15-9(11)16-8/h3,6,18H,4-5H2,1-2H3. The molecule has 0 radical (unpaired) electrons. The van der Waals surface area contributed by atoms with Gasteiger partial charge in [-0.2, -0.15) is 13.2 Å². The van der Waals surface area contributed by atoms with E-state index in [9.17, 15) is 18.3 Å². The fourth-order valence-electron chi connectivity index (χ4n) is 1.40. The van der Waals surface area contributed by atoms with Gasteiger partial charge in [-0.3, -0.25) is 0 Å². The molecular weight excluding hydrogens is 287 g/mol. The van der Waals surface area contributed by atoms with Gasteiger partial charge in [-0.1, -0.05) is 0 Å². The van der Waals surface area contributed by atoms with Gasteiger partial charge in [0.2, 0.25) is 5.28 Å². The molecule has 0 aliphatic heterocycles. The lowest BCUT2D eigenvalue weighted by molar-refractivity contribution is -0.141. The number of rotatable bonds is 5. The smallest absolute Gasteiger partial charge is 0.389 e. The van der Waals surface area contributed by atoms with Gasteiger partial charge in [0.25, 0.3) is 0 Å². The SMILES string of the molecule is COCC(O)CN(C)c1cc(C(F)(F)F)nc(Cl)n1. The summed E-state index contributed by atoms with van der Waals surface area (Å²) >= 11 is 5.46. The lowest BCUT2D eigenvalue weighted by Crippen LogP contribution is -2.32. The number of hydrogen-bond acceptors (Lipinski definition) is 5. The Hall–Kier alpha value is -1.12. The highest BCUT2D eigenvalue weighted by Crippen LogP contribution is 2.30. The number of likely N-dealkylation sites (N-methyl/N-ethyl adjacent to an activating group) is 1. The number of alkyl halides is 3. The third-order valence-corrected chi connectivity index (χ3v) is 2.38. The predicted octanol–water partition coefficient (Wildman–Crippen LogP) is 1.59. The van der Waals surface area contributed by atoms with Crippen LogP contribution in [0.5, 0.6) is 0 Å². The molecule has 0 bridgehead atoms. The third kappa shape index (κ3) is 4.81. The molecule has 1 N–H and O–H groups in total. The minimum atomic E-state index is -4.60. The van der Waals surface area contributed by atoms with E-state index in [2.05, 4.69) is 9.97 Å². The molecule has 1 unspecified atom stereocenters. The summed E-state index contributed by atoms with van der Waals surface area (Å²) in [5.41, 5.74) is -1.13. The Labute approximate surface area is 113 Å². The van der Waals surface area contributed by atoms with E-state index in [4.69, 9.17) is 16.3 Å². The van der Waals surface area contributed by atoms with Crippen LogP contribution in [0.2, 0.25) is 5.28 Å². The summed E-state index contributed by atoms with van der Waals surface area (Å²) in [6, 6.07) is 0.769. The zero-order valence-corrected chi connectivity index (χ0v) is 11.0. The monoisotopic (exact) mass is 299 g/mol. The van der Waals surface area contributed by atoms with Crippen molar-refractivity contribution in [3.8, 4) is 0 Å². The van der Waals surface area contributed by atoms with E-state index in [0.717, 1.165) is 6.07 Å². The summed E-state index contributed by atoms with van der Waals surface area (Å²) in [4.78, 5) is 8.15. The van der Waals surface area contributed by atoms with Crippen molar-refractivity contribution in [1.29, 1.82) is 0 Å². The molecule has 0 aromatic carbocycles. The van der Waals surface area contributed by atoms with Crippen LogP contribution in [0.4, 0.5) is 19.0 Å². The maximum atomic E-state index is 12.6. The highest BCUT2D eigenvalue weighted by molar-refractivity contribution is 6.28. The van der Waals surface area contributed by atoms with Crippen molar-refractivity contribution in [2.45, 2.75) is 12.3 Å². The summed E-state index contributed by atoms with van der Waals surface area (Å²) in [6.45, 7) is 0.119. The van der Waals surface area contributed by atoms with E-state index in [-0.39, 0.29) is 19.0 Å². The van der Waals surface area contributed by atoms with E-state index < -0.39 is 23.3 Å². The van der Waals surface area contributed by atoms with Crippen molar-refractivity contribution in [3.05, 3.63) is 17.0 Å². The van der Waals surface area contributed by atoms with E-state index in [1.54, 1.807) is 0 Å². The number of aliphatic hydroxyl groups is 1. The predicted molar refractivity (Wildman–Crippen MR) is 63.2 cm³/mol. The summed E-state index contributed by atoms with van der Waals surface area (Å²) in [6.07, 6.45) is -5.45. The van der Waals surface area contributed by atoms with Crippen LogP contribution in [0.15, 0.2) is 6.07 Å². The van der Waals surface area contributed by atoms with Gasteiger partial charge in [0.05, 0.1) is 12.7 Å². The summed E-state index contributed by atoms with van der Waals surface area (Å²) in [7, 11) is 2.89. The molecule has 0 saturated carbocycles. The van der Waals surface area contributed by atoms with E-state index in [1.165, 1.54) is 19.1 Å². The molecule has 0 saturated heterocycles.